The van der Waals surface area contributed by atoms with E-state index in [0.717, 1.165) is 17.7 Å². The summed E-state index contributed by atoms with van der Waals surface area (Å²) in [6.45, 7) is 2.73. The van der Waals surface area contributed by atoms with Crippen molar-refractivity contribution in [2.24, 2.45) is 0 Å². The van der Waals surface area contributed by atoms with Crippen molar-refractivity contribution >= 4 is 39.1 Å². The predicted octanol–water partition coefficient (Wildman–Crippen LogP) is 4.59. The average molecular weight is 545 g/mol. The molecule has 0 bridgehead atoms. The summed E-state index contributed by atoms with van der Waals surface area (Å²) >= 11 is 6.22. The van der Waals surface area contributed by atoms with Crippen molar-refractivity contribution in [2.75, 3.05) is 37.7 Å². The molecule has 0 saturated carbocycles. The normalized spacial score (nSPS) is 14.4. The molecule has 0 N–H and O–H groups in total. The van der Waals surface area contributed by atoms with Crippen molar-refractivity contribution in [3.63, 3.8) is 0 Å². The molecule has 10 heteroatoms. The van der Waals surface area contributed by atoms with Gasteiger partial charge in [-0.3, -0.25) is 4.79 Å². The summed E-state index contributed by atoms with van der Waals surface area (Å²) in [5, 5.41) is -0.0235. The molecule has 7 nitrogen and oxygen atoms in total. The fourth-order valence-corrected chi connectivity index (χ4v) is 5.95. The Hall–Kier alpha value is -3.27. The van der Waals surface area contributed by atoms with Crippen LogP contribution in [-0.4, -0.2) is 57.3 Å². The molecule has 1 saturated heterocycles. The minimum absolute atomic E-state index is 0.0235. The third kappa shape index (κ3) is 6.18. The van der Waals surface area contributed by atoms with Gasteiger partial charge in [0.25, 0.3) is 0 Å². The van der Waals surface area contributed by atoms with E-state index in [0.29, 0.717) is 18.7 Å². The largest absolute Gasteiger partial charge is 0.454 e. The molecule has 0 atom stereocenters. The number of piperazine rings is 1. The van der Waals surface area contributed by atoms with Crippen LogP contribution >= 0.6 is 11.6 Å². The van der Waals surface area contributed by atoms with Gasteiger partial charge in [-0.2, -0.15) is 4.31 Å². The molecule has 194 valence electrons. The smallest absolute Gasteiger partial charge is 0.338 e. The van der Waals surface area contributed by atoms with Crippen LogP contribution in [0.4, 0.5) is 10.1 Å². The lowest BCUT2D eigenvalue weighted by Crippen LogP contribution is -2.48. The van der Waals surface area contributed by atoms with Crippen molar-refractivity contribution in [2.45, 2.75) is 18.2 Å². The van der Waals surface area contributed by atoms with Gasteiger partial charge in [0.15, 0.2) is 12.4 Å². The first-order valence-corrected chi connectivity index (χ1v) is 13.6. The fourth-order valence-electron chi connectivity index (χ4n) is 4.03. The van der Waals surface area contributed by atoms with Gasteiger partial charge in [-0.15, -0.1) is 0 Å². The van der Waals surface area contributed by atoms with Gasteiger partial charge in [0.05, 0.1) is 10.6 Å². The lowest BCUT2D eigenvalue weighted by atomic mass is 10.1. The molecule has 3 aromatic rings. The second-order valence-corrected chi connectivity index (χ2v) is 10.9. The number of benzene rings is 3. The second-order valence-electron chi connectivity index (χ2n) is 8.56. The number of rotatable bonds is 8. The molecule has 37 heavy (non-hydrogen) atoms. The number of esters is 1. The number of ketones is 1. The fraction of sp³-hybridized carbons (Fsp3) is 0.259. The number of hydrogen-bond acceptors (Lipinski definition) is 6. The number of sulfonamides is 1. The number of halogens is 2. The van der Waals surface area contributed by atoms with Crippen molar-refractivity contribution in [1.29, 1.82) is 0 Å². The number of carbonyl (C=O) groups excluding carboxylic acids is 2. The first kappa shape index (κ1) is 26.8. The Morgan fingerprint density at radius 3 is 2.16 bits per heavy atom. The Kier molecular flexibility index (Phi) is 8.26. The lowest BCUT2D eigenvalue weighted by Gasteiger charge is -2.35. The molecule has 0 aliphatic carbocycles. The third-order valence-corrected chi connectivity index (χ3v) is 8.61. The molecule has 0 spiro atoms. The Morgan fingerprint density at radius 2 is 1.54 bits per heavy atom. The molecule has 0 radical (unpaired) electrons. The monoisotopic (exact) mass is 544 g/mol. The topological polar surface area (TPSA) is 84.0 Å². The summed E-state index contributed by atoms with van der Waals surface area (Å²) < 4.78 is 46.3. The van der Waals surface area contributed by atoms with Gasteiger partial charge in [-0.05, 0) is 54.4 Å². The zero-order valence-electron chi connectivity index (χ0n) is 20.2. The molecule has 1 aliphatic heterocycles. The van der Waals surface area contributed by atoms with Gasteiger partial charge in [0.2, 0.25) is 10.0 Å². The first-order chi connectivity index (χ1) is 17.7. The van der Waals surface area contributed by atoms with E-state index >= 15 is 0 Å². The van der Waals surface area contributed by atoms with Crippen LogP contribution in [0.2, 0.25) is 5.02 Å². The maximum atomic E-state index is 13.3. The highest BCUT2D eigenvalue weighted by Gasteiger charge is 2.31. The molecule has 0 amide bonds. The highest BCUT2D eigenvalue weighted by atomic mass is 35.5. The van der Waals surface area contributed by atoms with Crippen LogP contribution < -0.4 is 4.90 Å². The SMILES string of the molecule is CCc1ccc(C(=O)COC(=O)c2ccc(Cl)c(S(=O)(=O)N3CCN(c4ccc(F)cc4)CC3)c2)cc1. The molecule has 1 heterocycles. The van der Waals surface area contributed by atoms with Crippen LogP contribution in [0.1, 0.15) is 33.2 Å². The minimum atomic E-state index is -4.00. The maximum absolute atomic E-state index is 13.3. The van der Waals surface area contributed by atoms with E-state index in [1.54, 1.807) is 24.3 Å². The number of carbonyl (C=O) groups is 2. The highest BCUT2D eigenvalue weighted by molar-refractivity contribution is 7.89. The van der Waals surface area contributed by atoms with Crippen molar-refractivity contribution in [1.82, 2.24) is 4.31 Å². The molecule has 0 aromatic heterocycles. The molecule has 0 unspecified atom stereocenters. The van der Waals surface area contributed by atoms with Gasteiger partial charge in [0, 0.05) is 37.4 Å². The summed E-state index contributed by atoms with van der Waals surface area (Å²) in [5.74, 6) is -1.53. The Labute approximate surface area is 220 Å². The van der Waals surface area contributed by atoms with E-state index in [2.05, 4.69) is 0 Å². The summed E-state index contributed by atoms with van der Waals surface area (Å²) in [6.07, 6.45) is 0.842. The Morgan fingerprint density at radius 1 is 0.919 bits per heavy atom. The zero-order valence-corrected chi connectivity index (χ0v) is 21.8. The van der Waals surface area contributed by atoms with Crippen molar-refractivity contribution in [3.05, 3.63) is 94.3 Å². The van der Waals surface area contributed by atoms with Gasteiger partial charge < -0.3 is 9.64 Å². The van der Waals surface area contributed by atoms with E-state index < -0.39 is 22.6 Å². The Bertz CT molecular complexity index is 1390. The number of nitrogens with zero attached hydrogens (tertiary/aromatic N) is 2. The molecule has 3 aromatic carbocycles. The quantitative estimate of drug-likeness (QED) is 0.305. The van der Waals surface area contributed by atoms with Gasteiger partial charge in [0.1, 0.15) is 10.7 Å². The van der Waals surface area contributed by atoms with Crippen LogP contribution in [-0.2, 0) is 21.2 Å². The predicted molar refractivity (Wildman–Crippen MR) is 139 cm³/mol. The Balaban J connectivity index is 1.42. The first-order valence-electron chi connectivity index (χ1n) is 11.8. The highest BCUT2D eigenvalue weighted by Crippen LogP contribution is 2.28. The zero-order chi connectivity index (χ0) is 26.6. The molecule has 4 rings (SSSR count). The lowest BCUT2D eigenvalue weighted by molar-refractivity contribution is 0.0474. The number of ether oxygens (including phenoxy) is 1. The van der Waals surface area contributed by atoms with Crippen LogP contribution in [0.25, 0.3) is 0 Å². The standard InChI is InChI=1S/C27H26ClFN2O5S/c1-2-19-3-5-20(6-4-19)25(32)18-36-27(33)21-7-12-24(28)26(17-21)37(34,35)31-15-13-30(14-16-31)23-10-8-22(29)9-11-23/h3-12,17H,2,13-16,18H2,1H3. The molecule has 1 aliphatic rings. The molecular formula is C27H26ClFN2O5S. The third-order valence-electron chi connectivity index (χ3n) is 6.23. The van der Waals surface area contributed by atoms with Crippen LogP contribution in [0.3, 0.4) is 0 Å². The van der Waals surface area contributed by atoms with Crippen LogP contribution in [0, 0.1) is 5.82 Å². The number of hydrogen-bond donors (Lipinski definition) is 0. The second kappa shape index (κ2) is 11.4. The summed E-state index contributed by atoms with van der Waals surface area (Å²) in [5.41, 5.74) is 2.28. The van der Waals surface area contributed by atoms with E-state index in [1.807, 2.05) is 24.0 Å². The van der Waals surface area contributed by atoms with Gasteiger partial charge >= 0.3 is 5.97 Å². The molecule has 1 fully saturated rings. The van der Waals surface area contributed by atoms with Gasteiger partial charge in [-0.1, -0.05) is 42.8 Å². The van der Waals surface area contributed by atoms with E-state index in [1.165, 1.54) is 34.6 Å². The summed E-state index contributed by atoms with van der Waals surface area (Å²) in [6, 6.07) is 16.9. The average Bonchev–Trinajstić information content (AvgIpc) is 2.92. The van der Waals surface area contributed by atoms with E-state index in [4.69, 9.17) is 16.3 Å². The van der Waals surface area contributed by atoms with Crippen LogP contribution in [0.5, 0.6) is 0 Å². The number of aryl methyl sites for hydroxylation is 1. The van der Waals surface area contributed by atoms with Crippen molar-refractivity contribution < 1.29 is 27.1 Å². The van der Waals surface area contributed by atoms with Gasteiger partial charge in [-0.25, -0.2) is 17.6 Å². The summed E-state index contributed by atoms with van der Waals surface area (Å²) in [7, 11) is -4.00. The van der Waals surface area contributed by atoms with E-state index in [-0.39, 0.29) is 40.2 Å². The van der Waals surface area contributed by atoms with Crippen molar-refractivity contribution in [3.8, 4) is 0 Å². The minimum Gasteiger partial charge on any atom is -0.454 e. The van der Waals surface area contributed by atoms with E-state index in [9.17, 15) is 22.4 Å². The van der Waals surface area contributed by atoms with Crippen LogP contribution in [0.15, 0.2) is 71.6 Å². The molecular weight excluding hydrogens is 519 g/mol. The summed E-state index contributed by atoms with van der Waals surface area (Å²) in [4.78, 5) is 26.8. The maximum Gasteiger partial charge on any atom is 0.338 e. The number of anilines is 1. The number of Topliss-reactive ketones (excluding diaryl/α,β-unsaturated/α-hetero) is 1.